The number of hydrogen-bond acceptors (Lipinski definition) is 5. The van der Waals surface area contributed by atoms with Crippen LogP contribution in [-0.2, 0) is 6.18 Å². The fourth-order valence-electron chi connectivity index (χ4n) is 1.65. The highest BCUT2D eigenvalue weighted by Crippen LogP contribution is 2.31. The van der Waals surface area contributed by atoms with E-state index >= 15 is 0 Å². The van der Waals surface area contributed by atoms with Crippen LogP contribution in [0.4, 0.5) is 19.1 Å². The number of anilines is 1. The second-order valence-electron chi connectivity index (χ2n) is 4.08. The molecule has 0 unspecified atom stereocenters. The number of alkyl halides is 3. The molecule has 21 heavy (non-hydrogen) atoms. The Hall–Kier alpha value is -2.38. The van der Waals surface area contributed by atoms with Gasteiger partial charge in [-0.25, -0.2) is 0 Å². The van der Waals surface area contributed by atoms with E-state index in [0.29, 0.717) is 6.54 Å². The number of benzene rings is 1. The molecule has 0 aliphatic rings. The molecule has 1 N–H and O–H groups in total. The molecule has 1 heterocycles. The van der Waals surface area contributed by atoms with E-state index < -0.39 is 11.7 Å². The molecule has 0 spiro atoms. The van der Waals surface area contributed by atoms with Crippen LogP contribution in [0.1, 0.15) is 12.5 Å². The molecule has 8 heteroatoms. The Morgan fingerprint density at radius 3 is 2.57 bits per heavy atom. The molecule has 0 saturated carbocycles. The second-order valence-corrected chi connectivity index (χ2v) is 4.08. The van der Waals surface area contributed by atoms with Gasteiger partial charge in [0, 0.05) is 12.1 Å². The van der Waals surface area contributed by atoms with Crippen molar-refractivity contribution in [3.63, 3.8) is 0 Å². The Morgan fingerprint density at radius 2 is 1.95 bits per heavy atom. The monoisotopic (exact) mass is 298 g/mol. The Morgan fingerprint density at radius 1 is 1.19 bits per heavy atom. The van der Waals surface area contributed by atoms with Gasteiger partial charge in [0.1, 0.15) is 0 Å². The van der Waals surface area contributed by atoms with Crippen LogP contribution in [0.2, 0.25) is 0 Å². The number of aromatic nitrogens is 3. The summed E-state index contributed by atoms with van der Waals surface area (Å²) in [6.07, 6.45) is -4.42. The summed E-state index contributed by atoms with van der Waals surface area (Å²) >= 11 is 0. The molecule has 0 bridgehead atoms. The Kier molecular flexibility index (Phi) is 4.25. The van der Waals surface area contributed by atoms with Crippen molar-refractivity contribution in [3.05, 3.63) is 29.8 Å². The quantitative estimate of drug-likeness (QED) is 0.940. The largest absolute Gasteiger partial charge is 0.467 e. The average molecular weight is 298 g/mol. The predicted octanol–water partition coefficient (Wildman–Crippen LogP) is 3.00. The minimum atomic E-state index is -4.42. The lowest BCUT2D eigenvalue weighted by Gasteiger charge is -2.09. The van der Waals surface area contributed by atoms with E-state index in [0.717, 1.165) is 12.1 Å². The van der Waals surface area contributed by atoms with E-state index in [4.69, 9.17) is 4.74 Å². The number of hydrogen-bond donors (Lipinski definition) is 1. The molecule has 0 aliphatic carbocycles. The molecule has 0 aliphatic heterocycles. The normalized spacial score (nSPS) is 11.3. The topological polar surface area (TPSA) is 59.9 Å². The summed E-state index contributed by atoms with van der Waals surface area (Å²) in [5.41, 5.74) is -0.519. The molecule has 1 aromatic carbocycles. The van der Waals surface area contributed by atoms with Gasteiger partial charge in [-0.2, -0.15) is 28.1 Å². The van der Waals surface area contributed by atoms with Gasteiger partial charge in [0.15, 0.2) is 5.82 Å². The molecule has 0 atom stereocenters. The van der Waals surface area contributed by atoms with Crippen LogP contribution in [0.15, 0.2) is 24.3 Å². The van der Waals surface area contributed by atoms with E-state index in [1.54, 1.807) is 0 Å². The minimum absolute atomic E-state index is 0.0355. The molecule has 2 aromatic rings. The molecule has 5 nitrogen and oxygen atoms in total. The molecule has 0 radical (unpaired) electrons. The number of methoxy groups -OCH3 is 1. The van der Waals surface area contributed by atoms with Crippen molar-refractivity contribution >= 4 is 5.95 Å². The highest BCUT2D eigenvalue weighted by atomic mass is 19.4. The Balaban J connectivity index is 2.48. The zero-order valence-corrected chi connectivity index (χ0v) is 11.4. The van der Waals surface area contributed by atoms with Crippen LogP contribution in [-0.4, -0.2) is 28.6 Å². The number of nitrogens with zero attached hydrogens (tertiary/aromatic N) is 3. The first kappa shape index (κ1) is 15.0. The first-order valence-corrected chi connectivity index (χ1v) is 6.15. The first-order chi connectivity index (χ1) is 9.94. The molecule has 2 rings (SSSR count). The van der Waals surface area contributed by atoms with Crippen LogP contribution < -0.4 is 10.1 Å². The van der Waals surface area contributed by atoms with Gasteiger partial charge in [-0.15, -0.1) is 0 Å². The van der Waals surface area contributed by atoms with E-state index in [2.05, 4.69) is 20.3 Å². The highest BCUT2D eigenvalue weighted by molar-refractivity contribution is 5.58. The molecule has 0 amide bonds. The van der Waals surface area contributed by atoms with Crippen molar-refractivity contribution in [1.82, 2.24) is 15.0 Å². The van der Waals surface area contributed by atoms with E-state index in [1.807, 2.05) is 6.92 Å². The van der Waals surface area contributed by atoms with Crippen molar-refractivity contribution < 1.29 is 17.9 Å². The molecule has 1 aromatic heterocycles. The number of halogens is 3. The molecule has 112 valence electrons. The maximum Gasteiger partial charge on any atom is 0.416 e. The maximum atomic E-state index is 12.7. The highest BCUT2D eigenvalue weighted by Gasteiger charge is 2.30. The van der Waals surface area contributed by atoms with Gasteiger partial charge in [0.05, 0.1) is 12.7 Å². The van der Waals surface area contributed by atoms with Crippen LogP contribution in [0.25, 0.3) is 11.4 Å². The lowest BCUT2D eigenvalue weighted by atomic mass is 10.1. The third kappa shape index (κ3) is 3.59. The van der Waals surface area contributed by atoms with Gasteiger partial charge in [0.25, 0.3) is 0 Å². The second kappa shape index (κ2) is 5.94. The smallest absolute Gasteiger partial charge is 0.416 e. The van der Waals surface area contributed by atoms with Crippen LogP contribution in [0.3, 0.4) is 0 Å². The van der Waals surface area contributed by atoms with Crippen molar-refractivity contribution in [3.8, 4) is 17.4 Å². The minimum Gasteiger partial charge on any atom is -0.467 e. The van der Waals surface area contributed by atoms with Gasteiger partial charge in [0.2, 0.25) is 5.95 Å². The van der Waals surface area contributed by atoms with Crippen molar-refractivity contribution in [2.24, 2.45) is 0 Å². The van der Waals surface area contributed by atoms with Crippen molar-refractivity contribution in [2.75, 3.05) is 19.0 Å². The average Bonchev–Trinajstić information content (AvgIpc) is 2.46. The van der Waals surface area contributed by atoms with Crippen molar-refractivity contribution in [2.45, 2.75) is 13.1 Å². The predicted molar refractivity (Wildman–Crippen MR) is 71.0 cm³/mol. The van der Waals surface area contributed by atoms with Crippen LogP contribution in [0.5, 0.6) is 6.01 Å². The zero-order chi connectivity index (χ0) is 15.5. The zero-order valence-electron chi connectivity index (χ0n) is 11.4. The van der Waals surface area contributed by atoms with E-state index in [1.165, 1.54) is 19.2 Å². The summed E-state index contributed by atoms with van der Waals surface area (Å²) < 4.78 is 43.2. The van der Waals surface area contributed by atoms with Gasteiger partial charge >= 0.3 is 12.2 Å². The molecule has 0 saturated heterocycles. The molecular weight excluding hydrogens is 285 g/mol. The maximum absolute atomic E-state index is 12.7. The molecule has 0 fully saturated rings. The summed E-state index contributed by atoms with van der Waals surface area (Å²) in [5.74, 6) is 0.362. The third-order valence-electron chi connectivity index (χ3n) is 2.58. The molecular formula is C13H13F3N4O. The van der Waals surface area contributed by atoms with Crippen molar-refractivity contribution in [1.29, 1.82) is 0 Å². The van der Waals surface area contributed by atoms with Gasteiger partial charge in [-0.1, -0.05) is 12.1 Å². The fraction of sp³-hybridized carbons (Fsp3) is 0.308. The number of nitrogens with one attached hydrogen (secondary N) is 1. The van der Waals surface area contributed by atoms with Gasteiger partial charge in [-0.05, 0) is 19.1 Å². The lowest BCUT2D eigenvalue weighted by Crippen LogP contribution is -2.07. The lowest BCUT2D eigenvalue weighted by molar-refractivity contribution is -0.137. The van der Waals surface area contributed by atoms with Gasteiger partial charge in [-0.3, -0.25) is 0 Å². The fourth-order valence-corrected chi connectivity index (χ4v) is 1.65. The summed E-state index contributed by atoms with van der Waals surface area (Å²) in [4.78, 5) is 12.0. The summed E-state index contributed by atoms with van der Waals surface area (Å²) in [6.45, 7) is 2.41. The van der Waals surface area contributed by atoms with E-state index in [9.17, 15) is 13.2 Å². The SMILES string of the molecule is CCNc1nc(OC)nc(-c2cccc(C(F)(F)F)c2)n1. The Bertz CT molecular complexity index is 631. The van der Waals surface area contributed by atoms with E-state index in [-0.39, 0.29) is 23.3 Å². The number of rotatable bonds is 4. The summed E-state index contributed by atoms with van der Waals surface area (Å²) in [5, 5.41) is 2.87. The summed E-state index contributed by atoms with van der Waals surface area (Å²) in [6, 6.07) is 4.83. The standard InChI is InChI=1S/C13H13F3N4O/c1-3-17-11-18-10(19-12(20-11)21-2)8-5-4-6-9(7-8)13(14,15)16/h4-7H,3H2,1-2H3,(H,17,18,19,20). The summed E-state index contributed by atoms with van der Waals surface area (Å²) in [7, 11) is 1.38. The van der Waals surface area contributed by atoms with Crippen LogP contribution in [0, 0.1) is 0 Å². The third-order valence-corrected chi connectivity index (χ3v) is 2.58. The number of ether oxygens (including phenoxy) is 1. The first-order valence-electron chi connectivity index (χ1n) is 6.15. The van der Waals surface area contributed by atoms with Gasteiger partial charge < -0.3 is 10.1 Å². The Labute approximate surface area is 119 Å². The van der Waals surface area contributed by atoms with Crippen LogP contribution >= 0.6 is 0 Å².